The minimum atomic E-state index is -2.00. The van der Waals surface area contributed by atoms with Gasteiger partial charge in [0.05, 0.1) is 32.5 Å². The van der Waals surface area contributed by atoms with E-state index in [1.165, 1.54) is 0 Å². The van der Waals surface area contributed by atoms with Gasteiger partial charge in [-0.2, -0.15) is 0 Å². The van der Waals surface area contributed by atoms with Crippen molar-refractivity contribution in [3.8, 4) is 0 Å². The summed E-state index contributed by atoms with van der Waals surface area (Å²) in [6, 6.07) is -1.31. The molecule has 15 N–H and O–H groups in total. The van der Waals surface area contributed by atoms with Gasteiger partial charge in [0.2, 0.25) is 0 Å². The van der Waals surface area contributed by atoms with Crippen molar-refractivity contribution in [2.75, 3.05) is 26.4 Å². The van der Waals surface area contributed by atoms with Crippen molar-refractivity contribution in [1.82, 2.24) is 0 Å². The molecular weight excluding hydrogens is 622 g/mol. The molecule has 21 heteroatoms. The number of rotatable bonds is 10. The fourth-order valence-corrected chi connectivity index (χ4v) is 5.48. The largest absolute Gasteiger partial charge is 0.394 e. The maximum absolute atomic E-state index is 11.0. The van der Waals surface area contributed by atoms with E-state index in [1.54, 1.807) is 0 Å². The molecule has 264 valence electrons. The minimum Gasteiger partial charge on any atom is -0.394 e. The van der Waals surface area contributed by atoms with Crippen LogP contribution in [0, 0.1) is 0 Å². The number of hydrogen-bond acceptors (Lipinski definition) is 21. The van der Waals surface area contributed by atoms with Crippen molar-refractivity contribution >= 4 is 0 Å². The van der Waals surface area contributed by atoms with Gasteiger partial charge in [-0.25, -0.2) is 0 Å². The fraction of sp³-hybridized carbons (Fsp3) is 1.00. The monoisotopic (exact) mass is 665 g/mol. The second kappa shape index (κ2) is 15.6. The van der Waals surface area contributed by atoms with Gasteiger partial charge in [0.15, 0.2) is 25.2 Å². The predicted octanol–water partition coefficient (Wildman–Crippen LogP) is -9.78. The molecule has 0 aliphatic carbocycles. The SMILES string of the molecule is NC1C(OCC2OC(OC3C(O)C(CO)OC(OC4C(CO)OC(O)C(O)C4O)C3O)C(O)C(O)C2O)OC(CO)C(O)C1O. The highest BCUT2D eigenvalue weighted by Crippen LogP contribution is 2.32. The molecule has 0 radical (unpaired) electrons. The Balaban J connectivity index is 1.46. The van der Waals surface area contributed by atoms with Crippen molar-refractivity contribution in [2.45, 2.75) is 123 Å². The molecule has 20 unspecified atom stereocenters. The van der Waals surface area contributed by atoms with Crippen LogP contribution in [0.5, 0.6) is 0 Å². The number of hydrogen-bond donors (Lipinski definition) is 14. The van der Waals surface area contributed by atoms with Gasteiger partial charge in [-0.05, 0) is 0 Å². The molecule has 4 aliphatic heterocycles. The zero-order valence-electron chi connectivity index (χ0n) is 23.6. The van der Waals surface area contributed by atoms with Gasteiger partial charge in [0, 0.05) is 0 Å². The van der Waals surface area contributed by atoms with Gasteiger partial charge in [-0.15, -0.1) is 0 Å². The van der Waals surface area contributed by atoms with Crippen LogP contribution in [0.2, 0.25) is 0 Å². The average molecular weight is 666 g/mol. The molecular formula is C24H43NO20. The zero-order chi connectivity index (χ0) is 33.3. The molecule has 0 spiro atoms. The fourth-order valence-electron chi connectivity index (χ4n) is 5.48. The van der Waals surface area contributed by atoms with E-state index in [2.05, 4.69) is 0 Å². The number of nitrogens with two attached hydrogens (primary N) is 1. The van der Waals surface area contributed by atoms with E-state index in [9.17, 15) is 66.4 Å². The molecule has 4 heterocycles. The van der Waals surface area contributed by atoms with E-state index in [0.29, 0.717) is 0 Å². The van der Waals surface area contributed by atoms with Crippen LogP contribution in [0.3, 0.4) is 0 Å². The molecule has 4 aliphatic rings. The molecule has 4 saturated heterocycles. The van der Waals surface area contributed by atoms with Crippen molar-refractivity contribution in [3.05, 3.63) is 0 Å². The van der Waals surface area contributed by atoms with Crippen molar-refractivity contribution in [1.29, 1.82) is 0 Å². The number of aliphatic hydroxyl groups excluding tert-OH is 13. The molecule has 4 fully saturated rings. The number of aliphatic hydroxyl groups is 13. The Morgan fingerprint density at radius 1 is 0.444 bits per heavy atom. The molecule has 21 nitrogen and oxygen atoms in total. The molecule has 0 aromatic heterocycles. The van der Waals surface area contributed by atoms with Crippen LogP contribution >= 0.6 is 0 Å². The summed E-state index contributed by atoms with van der Waals surface area (Å²) in [6.07, 6.45) is -32.6. The molecule has 0 amide bonds. The molecule has 4 rings (SSSR count). The van der Waals surface area contributed by atoms with Gasteiger partial charge >= 0.3 is 0 Å². The number of ether oxygens (including phenoxy) is 7. The maximum Gasteiger partial charge on any atom is 0.187 e. The third-order valence-corrected chi connectivity index (χ3v) is 8.27. The minimum absolute atomic E-state index is 0.621. The lowest BCUT2D eigenvalue weighted by molar-refractivity contribution is -0.380. The van der Waals surface area contributed by atoms with Crippen LogP contribution in [0.15, 0.2) is 0 Å². The lowest BCUT2D eigenvalue weighted by atomic mass is 9.96. The zero-order valence-corrected chi connectivity index (χ0v) is 23.6. The molecule has 20 atom stereocenters. The third kappa shape index (κ3) is 7.59. The molecule has 45 heavy (non-hydrogen) atoms. The summed E-state index contributed by atoms with van der Waals surface area (Å²) < 4.78 is 37.9. The predicted molar refractivity (Wildman–Crippen MR) is 136 cm³/mol. The second-order valence-electron chi connectivity index (χ2n) is 11.3. The summed E-state index contributed by atoms with van der Waals surface area (Å²) in [5, 5.41) is 132. The normalized spacial score (nSPS) is 52.9. The van der Waals surface area contributed by atoms with Gasteiger partial charge in [0.25, 0.3) is 0 Å². The topological polar surface area (TPSA) is 354 Å². The first-order chi connectivity index (χ1) is 21.2. The van der Waals surface area contributed by atoms with E-state index in [1.807, 2.05) is 0 Å². The maximum atomic E-state index is 11.0. The van der Waals surface area contributed by atoms with E-state index < -0.39 is 149 Å². The van der Waals surface area contributed by atoms with E-state index >= 15 is 0 Å². The Morgan fingerprint density at radius 2 is 0.956 bits per heavy atom. The summed E-state index contributed by atoms with van der Waals surface area (Å²) in [5.74, 6) is 0. The van der Waals surface area contributed by atoms with Crippen LogP contribution in [-0.2, 0) is 33.2 Å². The molecule has 0 bridgehead atoms. The smallest absolute Gasteiger partial charge is 0.187 e. The van der Waals surface area contributed by atoms with E-state index in [-0.39, 0.29) is 0 Å². The van der Waals surface area contributed by atoms with Gasteiger partial charge in [0.1, 0.15) is 91.6 Å². The highest BCUT2D eigenvalue weighted by Gasteiger charge is 2.54. The highest BCUT2D eigenvalue weighted by molar-refractivity contribution is 4.97. The van der Waals surface area contributed by atoms with Crippen molar-refractivity contribution < 1.29 is 99.5 Å². The first-order valence-corrected chi connectivity index (χ1v) is 14.2. The summed E-state index contributed by atoms with van der Waals surface area (Å²) in [5.41, 5.74) is 5.84. The first-order valence-electron chi connectivity index (χ1n) is 14.2. The van der Waals surface area contributed by atoms with E-state index in [0.717, 1.165) is 0 Å². The average Bonchev–Trinajstić information content (AvgIpc) is 3.03. The first kappa shape index (κ1) is 37.0. The summed E-state index contributed by atoms with van der Waals surface area (Å²) in [6.45, 7) is -3.00. The standard InChI is InChI=1S/C24H43NO20/c25-9-13(32)10(29)5(1-26)41-22(9)39-4-8-11(30)14(33)17(36)23(43-8)45-20-12(31)6(2-27)42-24(18(20)37)44-19-7(3-28)40-21(38)16(35)15(19)34/h5-24,26-38H,1-4,25H2. The van der Waals surface area contributed by atoms with Crippen LogP contribution < -0.4 is 5.73 Å². The van der Waals surface area contributed by atoms with Crippen LogP contribution in [0.4, 0.5) is 0 Å². The molecule has 0 saturated carbocycles. The summed E-state index contributed by atoms with van der Waals surface area (Å²) in [7, 11) is 0. The third-order valence-electron chi connectivity index (χ3n) is 8.27. The van der Waals surface area contributed by atoms with Crippen LogP contribution in [0.1, 0.15) is 0 Å². The summed E-state index contributed by atoms with van der Waals surface area (Å²) >= 11 is 0. The Kier molecular flexibility index (Phi) is 12.8. The van der Waals surface area contributed by atoms with Crippen LogP contribution in [0.25, 0.3) is 0 Å². The Bertz CT molecular complexity index is 920. The van der Waals surface area contributed by atoms with Crippen LogP contribution in [-0.4, -0.2) is 216 Å². The quantitative estimate of drug-likeness (QED) is 0.103. The molecule has 0 aromatic rings. The second-order valence-corrected chi connectivity index (χ2v) is 11.3. The highest BCUT2D eigenvalue weighted by atomic mass is 16.8. The summed E-state index contributed by atoms with van der Waals surface area (Å²) in [4.78, 5) is 0. The lowest BCUT2D eigenvalue weighted by Crippen LogP contribution is -2.67. The Labute approximate surface area is 255 Å². The van der Waals surface area contributed by atoms with Crippen molar-refractivity contribution in [2.24, 2.45) is 5.73 Å². The Morgan fingerprint density at radius 3 is 1.58 bits per heavy atom. The lowest BCUT2D eigenvalue weighted by Gasteiger charge is -2.48. The van der Waals surface area contributed by atoms with Crippen molar-refractivity contribution in [3.63, 3.8) is 0 Å². The Hall–Kier alpha value is -0.840. The van der Waals surface area contributed by atoms with Gasteiger partial charge in [-0.3, -0.25) is 0 Å². The molecule has 0 aromatic carbocycles. The van der Waals surface area contributed by atoms with E-state index in [4.69, 9.17) is 38.9 Å². The van der Waals surface area contributed by atoms with Gasteiger partial charge < -0.3 is 105 Å². The van der Waals surface area contributed by atoms with Gasteiger partial charge in [-0.1, -0.05) is 0 Å².